The van der Waals surface area contributed by atoms with Crippen molar-refractivity contribution in [1.82, 2.24) is 14.8 Å². The van der Waals surface area contributed by atoms with Gasteiger partial charge in [0, 0.05) is 50.5 Å². The molecule has 22 heavy (non-hydrogen) atoms. The first kappa shape index (κ1) is 15.4. The van der Waals surface area contributed by atoms with Crippen LogP contribution in [-0.4, -0.2) is 66.5 Å². The third-order valence-electron chi connectivity index (χ3n) is 4.73. The van der Waals surface area contributed by atoms with Gasteiger partial charge in [0.05, 0.1) is 12.1 Å². The summed E-state index contributed by atoms with van der Waals surface area (Å²) in [4.78, 5) is 32.3. The Kier molecular flexibility index (Phi) is 4.44. The van der Waals surface area contributed by atoms with E-state index in [1.165, 1.54) is 11.3 Å². The zero-order valence-electron chi connectivity index (χ0n) is 12.8. The molecule has 2 aliphatic rings. The van der Waals surface area contributed by atoms with Gasteiger partial charge in [0.15, 0.2) is 0 Å². The van der Waals surface area contributed by atoms with Gasteiger partial charge in [-0.15, -0.1) is 11.3 Å². The van der Waals surface area contributed by atoms with Gasteiger partial charge in [-0.1, -0.05) is 0 Å². The fourth-order valence-electron chi connectivity index (χ4n) is 3.39. The zero-order chi connectivity index (χ0) is 15.6. The maximum absolute atomic E-state index is 12.3. The number of amides is 2. The van der Waals surface area contributed by atoms with Crippen LogP contribution in [0, 0.1) is 5.41 Å². The third-order valence-corrected chi connectivity index (χ3v) is 5.32. The Labute approximate surface area is 134 Å². The van der Waals surface area contributed by atoms with Crippen LogP contribution in [0.3, 0.4) is 0 Å². The van der Waals surface area contributed by atoms with E-state index >= 15 is 0 Å². The molecule has 3 heterocycles. The average molecular weight is 323 g/mol. The first-order chi connectivity index (χ1) is 10.6. The Hall–Kier alpha value is -1.47. The lowest BCUT2D eigenvalue weighted by atomic mass is 9.77. The van der Waals surface area contributed by atoms with E-state index in [0.29, 0.717) is 38.4 Å². The molecule has 0 radical (unpaired) electrons. The van der Waals surface area contributed by atoms with Crippen LogP contribution in [0.2, 0.25) is 0 Å². The fraction of sp³-hybridized carbons (Fsp3) is 0.667. The Morgan fingerprint density at radius 2 is 2.23 bits per heavy atom. The number of likely N-dealkylation sites (tertiary alicyclic amines) is 2. The quantitative estimate of drug-likeness (QED) is 0.836. The molecule has 6 nitrogen and oxygen atoms in total. The molecule has 1 spiro atoms. The zero-order valence-corrected chi connectivity index (χ0v) is 13.6. The number of rotatable bonds is 4. The van der Waals surface area contributed by atoms with E-state index < -0.39 is 0 Å². The van der Waals surface area contributed by atoms with E-state index in [1.807, 2.05) is 9.80 Å². The third kappa shape index (κ3) is 3.01. The molecule has 0 bridgehead atoms. The molecule has 3 rings (SSSR count). The summed E-state index contributed by atoms with van der Waals surface area (Å²) >= 11 is 1.44. The molecule has 0 N–H and O–H groups in total. The minimum Gasteiger partial charge on any atom is -0.383 e. The Morgan fingerprint density at radius 3 is 2.86 bits per heavy atom. The number of hydrogen-bond acceptors (Lipinski definition) is 5. The molecule has 0 unspecified atom stereocenters. The fourth-order valence-corrected chi connectivity index (χ4v) is 3.91. The van der Waals surface area contributed by atoms with Crippen molar-refractivity contribution in [3.05, 3.63) is 16.6 Å². The highest BCUT2D eigenvalue weighted by Gasteiger charge is 2.45. The number of ether oxygens (including phenoxy) is 1. The maximum atomic E-state index is 12.3. The van der Waals surface area contributed by atoms with Crippen molar-refractivity contribution >= 4 is 23.2 Å². The van der Waals surface area contributed by atoms with Crippen LogP contribution in [0.25, 0.3) is 0 Å². The number of carbonyl (C=O) groups excluding carboxylic acids is 2. The number of nitrogens with zero attached hydrogens (tertiary/aromatic N) is 3. The number of methoxy groups -OCH3 is 1. The summed E-state index contributed by atoms with van der Waals surface area (Å²) in [5, 5.41) is 1.79. The van der Waals surface area contributed by atoms with E-state index in [2.05, 4.69) is 4.98 Å². The maximum Gasteiger partial charge on any atom is 0.273 e. The standard InChI is InChI=1S/C15H21N3O3S/c1-21-7-6-18-10-15(8-13(18)19)2-4-17(5-3-15)14(20)12-9-22-11-16-12/h9,11H,2-8,10H2,1H3. The van der Waals surface area contributed by atoms with E-state index in [1.54, 1.807) is 18.0 Å². The monoisotopic (exact) mass is 323 g/mol. The molecule has 0 saturated carbocycles. The van der Waals surface area contributed by atoms with Gasteiger partial charge in [-0.3, -0.25) is 9.59 Å². The van der Waals surface area contributed by atoms with Crippen LogP contribution in [0.4, 0.5) is 0 Å². The highest BCUT2D eigenvalue weighted by molar-refractivity contribution is 7.07. The molecule has 7 heteroatoms. The number of piperidine rings is 1. The molecule has 2 fully saturated rings. The largest absolute Gasteiger partial charge is 0.383 e. The average Bonchev–Trinajstić information content (AvgIpc) is 3.14. The molecule has 2 saturated heterocycles. The minimum absolute atomic E-state index is 0.0108. The van der Waals surface area contributed by atoms with Gasteiger partial charge < -0.3 is 14.5 Å². The molecule has 0 aromatic carbocycles. The van der Waals surface area contributed by atoms with Gasteiger partial charge in [-0.25, -0.2) is 4.98 Å². The van der Waals surface area contributed by atoms with E-state index in [4.69, 9.17) is 4.74 Å². The normalized spacial score (nSPS) is 20.9. The van der Waals surface area contributed by atoms with Crippen molar-refractivity contribution in [1.29, 1.82) is 0 Å². The van der Waals surface area contributed by atoms with Gasteiger partial charge in [-0.05, 0) is 12.8 Å². The van der Waals surface area contributed by atoms with Gasteiger partial charge in [-0.2, -0.15) is 0 Å². The van der Waals surface area contributed by atoms with Crippen molar-refractivity contribution in [2.24, 2.45) is 5.41 Å². The molecule has 2 amide bonds. The highest BCUT2D eigenvalue weighted by Crippen LogP contribution is 2.41. The van der Waals surface area contributed by atoms with Crippen molar-refractivity contribution in [2.75, 3.05) is 39.9 Å². The first-order valence-electron chi connectivity index (χ1n) is 7.58. The molecule has 120 valence electrons. The number of hydrogen-bond donors (Lipinski definition) is 0. The summed E-state index contributed by atoms with van der Waals surface area (Å²) in [5.41, 5.74) is 2.26. The highest BCUT2D eigenvalue weighted by atomic mass is 32.1. The second-order valence-electron chi connectivity index (χ2n) is 6.15. The van der Waals surface area contributed by atoms with Gasteiger partial charge >= 0.3 is 0 Å². The van der Waals surface area contributed by atoms with Gasteiger partial charge in [0.2, 0.25) is 5.91 Å². The summed E-state index contributed by atoms with van der Waals surface area (Å²) < 4.78 is 5.06. The van der Waals surface area contributed by atoms with Crippen LogP contribution in [0.15, 0.2) is 10.9 Å². The summed E-state index contributed by atoms with van der Waals surface area (Å²) in [7, 11) is 1.65. The van der Waals surface area contributed by atoms with Crippen molar-refractivity contribution in [2.45, 2.75) is 19.3 Å². The Balaban J connectivity index is 1.57. The van der Waals surface area contributed by atoms with Crippen LogP contribution >= 0.6 is 11.3 Å². The van der Waals surface area contributed by atoms with Crippen LogP contribution in [-0.2, 0) is 9.53 Å². The lowest BCUT2D eigenvalue weighted by Crippen LogP contribution is -2.44. The number of carbonyl (C=O) groups is 2. The van der Waals surface area contributed by atoms with Crippen LogP contribution < -0.4 is 0 Å². The minimum atomic E-state index is 0.0108. The lowest BCUT2D eigenvalue weighted by Gasteiger charge is -2.38. The first-order valence-corrected chi connectivity index (χ1v) is 8.52. The lowest BCUT2D eigenvalue weighted by molar-refractivity contribution is -0.128. The van der Waals surface area contributed by atoms with Gasteiger partial charge in [0.25, 0.3) is 5.91 Å². The van der Waals surface area contributed by atoms with Crippen LogP contribution in [0.1, 0.15) is 29.8 Å². The molecule has 2 aliphatic heterocycles. The summed E-state index contributed by atoms with van der Waals surface area (Å²) in [6.07, 6.45) is 2.38. The molecule has 0 aliphatic carbocycles. The summed E-state index contributed by atoms with van der Waals surface area (Å²) in [6, 6.07) is 0. The summed E-state index contributed by atoms with van der Waals surface area (Å²) in [6.45, 7) is 3.46. The molecular formula is C15H21N3O3S. The molecule has 1 aromatic heterocycles. The number of aromatic nitrogens is 1. The molecule has 0 atom stereocenters. The van der Waals surface area contributed by atoms with Crippen molar-refractivity contribution in [3.8, 4) is 0 Å². The second-order valence-corrected chi connectivity index (χ2v) is 6.87. The predicted octanol–water partition coefficient (Wildman–Crippen LogP) is 1.24. The second kappa shape index (κ2) is 6.34. The Morgan fingerprint density at radius 1 is 1.45 bits per heavy atom. The van der Waals surface area contributed by atoms with Gasteiger partial charge in [0.1, 0.15) is 5.69 Å². The SMILES string of the molecule is COCCN1CC2(CCN(C(=O)c3cscn3)CC2)CC1=O. The molecular weight excluding hydrogens is 302 g/mol. The van der Waals surface area contributed by atoms with Crippen LogP contribution in [0.5, 0.6) is 0 Å². The van der Waals surface area contributed by atoms with E-state index in [-0.39, 0.29) is 17.2 Å². The summed E-state index contributed by atoms with van der Waals surface area (Å²) in [5.74, 6) is 0.230. The van der Waals surface area contributed by atoms with Crippen molar-refractivity contribution in [3.63, 3.8) is 0 Å². The predicted molar refractivity (Wildman–Crippen MR) is 82.8 cm³/mol. The molecule has 1 aromatic rings. The Bertz CT molecular complexity index is 538. The van der Waals surface area contributed by atoms with E-state index in [0.717, 1.165) is 19.4 Å². The topological polar surface area (TPSA) is 62.7 Å². The van der Waals surface area contributed by atoms with Crippen molar-refractivity contribution < 1.29 is 14.3 Å². The van der Waals surface area contributed by atoms with E-state index in [9.17, 15) is 9.59 Å². The number of thiazole rings is 1. The smallest absolute Gasteiger partial charge is 0.273 e.